The van der Waals surface area contributed by atoms with Crippen LogP contribution in [0.4, 0.5) is 20.4 Å². The summed E-state index contributed by atoms with van der Waals surface area (Å²) in [4.78, 5) is 25.3. The molecular weight excluding hydrogens is 700 g/mol. The SMILES string of the molecule is CC(C)OP1(=O)OC[C@H]2O[C@@H](c3cnc4c(N)ncnn34)[C@](C)(F)[C@@H]2O1.C[C@@]1(F)[C@@H]2OP(=O)(O)OC[C@H]2O[C@H]1c1cnc2c(N)ncnn12. The number of halogens is 2. The fourth-order valence-electron chi connectivity index (χ4n) is 6.15. The molecule has 4 aromatic heterocycles. The molecule has 0 saturated carbocycles. The molecule has 0 aliphatic carbocycles. The summed E-state index contributed by atoms with van der Waals surface area (Å²) in [6.45, 7) is 5.56. The highest BCUT2D eigenvalue weighted by atomic mass is 31.2. The zero-order valence-electron chi connectivity index (χ0n) is 26.3. The van der Waals surface area contributed by atoms with E-state index < -0.39 is 69.7 Å². The van der Waals surface area contributed by atoms with E-state index in [1.54, 1.807) is 13.8 Å². The lowest BCUT2D eigenvalue weighted by atomic mass is 9.93. The number of rotatable bonds is 4. The number of phosphoric acid groups is 2. The second kappa shape index (κ2) is 11.9. The van der Waals surface area contributed by atoms with Gasteiger partial charge in [-0.1, -0.05) is 0 Å². The van der Waals surface area contributed by atoms with Crippen LogP contribution in [0.2, 0.25) is 0 Å². The number of aromatic nitrogens is 8. The summed E-state index contributed by atoms with van der Waals surface area (Å²) in [5, 5.41) is 8.06. The molecule has 8 rings (SSSR count). The van der Waals surface area contributed by atoms with Gasteiger partial charge in [0.15, 0.2) is 34.3 Å². The Morgan fingerprint density at radius 2 is 1.33 bits per heavy atom. The molecule has 0 aromatic carbocycles. The van der Waals surface area contributed by atoms with Crippen LogP contribution >= 0.6 is 15.6 Å². The lowest BCUT2D eigenvalue weighted by molar-refractivity contribution is -0.0665. The van der Waals surface area contributed by atoms with Gasteiger partial charge in [0.25, 0.3) is 0 Å². The first-order valence-corrected chi connectivity index (χ1v) is 17.8. The predicted molar refractivity (Wildman–Crippen MR) is 160 cm³/mol. The van der Waals surface area contributed by atoms with E-state index in [2.05, 4.69) is 34.7 Å². The van der Waals surface area contributed by atoms with Crippen molar-refractivity contribution in [2.45, 2.75) is 81.8 Å². The van der Waals surface area contributed by atoms with Gasteiger partial charge in [0.05, 0.1) is 43.1 Å². The minimum absolute atomic E-state index is 0.113. The third-order valence-electron chi connectivity index (χ3n) is 8.32. The van der Waals surface area contributed by atoms with E-state index in [0.29, 0.717) is 17.0 Å². The maximum Gasteiger partial charge on any atom is 0.475 e. The molecule has 4 aliphatic rings. The van der Waals surface area contributed by atoms with Gasteiger partial charge in [-0.05, 0) is 27.7 Å². The molecule has 4 fully saturated rings. The van der Waals surface area contributed by atoms with Crippen molar-refractivity contribution < 1.29 is 54.9 Å². The molecule has 4 aliphatic heterocycles. The van der Waals surface area contributed by atoms with Crippen LogP contribution in [0.5, 0.6) is 0 Å². The smallest absolute Gasteiger partial charge is 0.381 e. The van der Waals surface area contributed by atoms with E-state index in [4.69, 9.17) is 39.0 Å². The molecule has 10 atom stereocenters. The molecular formula is C25H32F2N10O10P2. The van der Waals surface area contributed by atoms with Gasteiger partial charge in [-0.25, -0.2) is 46.9 Å². The van der Waals surface area contributed by atoms with E-state index >= 15 is 8.78 Å². The first kappa shape index (κ1) is 34.2. The highest BCUT2D eigenvalue weighted by Crippen LogP contribution is 2.61. The highest BCUT2D eigenvalue weighted by molar-refractivity contribution is 7.48. The average molecular weight is 733 g/mol. The summed E-state index contributed by atoms with van der Waals surface area (Å²) < 4.78 is 94.7. The van der Waals surface area contributed by atoms with Crippen LogP contribution in [-0.2, 0) is 41.2 Å². The minimum atomic E-state index is -4.28. The Kier molecular flexibility index (Phi) is 8.30. The number of ether oxygens (including phenoxy) is 2. The third kappa shape index (κ3) is 5.88. The summed E-state index contributed by atoms with van der Waals surface area (Å²) in [6, 6.07) is 0. The minimum Gasteiger partial charge on any atom is -0.381 e. The second-order valence-corrected chi connectivity index (χ2v) is 15.2. The number of nitrogen functional groups attached to an aromatic ring is 2. The van der Waals surface area contributed by atoms with Gasteiger partial charge < -0.3 is 25.8 Å². The first-order valence-electron chi connectivity index (χ1n) is 14.8. The Hall–Kier alpha value is -3.30. The van der Waals surface area contributed by atoms with E-state index in [-0.39, 0.29) is 30.5 Å². The van der Waals surface area contributed by atoms with Gasteiger partial charge in [-0.2, -0.15) is 10.2 Å². The highest BCUT2D eigenvalue weighted by Gasteiger charge is 2.63. The van der Waals surface area contributed by atoms with Crippen LogP contribution in [0.3, 0.4) is 0 Å². The van der Waals surface area contributed by atoms with Gasteiger partial charge in [0.2, 0.25) is 0 Å². The van der Waals surface area contributed by atoms with Crippen LogP contribution in [0, 0.1) is 0 Å². The van der Waals surface area contributed by atoms with E-state index in [1.807, 2.05) is 0 Å². The monoisotopic (exact) mass is 732 g/mol. The van der Waals surface area contributed by atoms with Crippen LogP contribution in [0.15, 0.2) is 25.0 Å². The van der Waals surface area contributed by atoms with Gasteiger partial charge in [0, 0.05) is 0 Å². The van der Waals surface area contributed by atoms with Crippen molar-refractivity contribution in [3.05, 3.63) is 36.4 Å². The van der Waals surface area contributed by atoms with Crippen molar-refractivity contribution in [3.8, 4) is 0 Å². The molecule has 4 aromatic rings. The van der Waals surface area contributed by atoms with Crippen LogP contribution in [-0.4, -0.2) is 99.1 Å². The molecule has 0 amide bonds. The Balaban J connectivity index is 0.000000155. The summed E-state index contributed by atoms with van der Waals surface area (Å²) in [5.41, 5.74) is 8.55. The third-order valence-corrected chi connectivity index (χ3v) is 10.9. The maximum absolute atomic E-state index is 15.7. The summed E-state index contributed by atoms with van der Waals surface area (Å²) in [5.74, 6) is 0.304. The fraction of sp³-hybridized carbons (Fsp3) is 0.600. The van der Waals surface area contributed by atoms with Crippen molar-refractivity contribution in [3.63, 3.8) is 0 Å². The number of nitrogens with two attached hydrogens (primary N) is 2. The van der Waals surface area contributed by atoms with Crippen LogP contribution in [0.1, 0.15) is 51.3 Å². The van der Waals surface area contributed by atoms with E-state index in [0.717, 1.165) is 0 Å². The molecule has 0 radical (unpaired) electrons. The van der Waals surface area contributed by atoms with E-state index in [9.17, 15) is 14.0 Å². The molecule has 0 bridgehead atoms. The van der Waals surface area contributed by atoms with Gasteiger partial charge in [0.1, 0.15) is 49.3 Å². The lowest BCUT2D eigenvalue weighted by Gasteiger charge is -2.34. The van der Waals surface area contributed by atoms with Gasteiger partial charge >= 0.3 is 15.6 Å². The second-order valence-electron chi connectivity index (χ2n) is 12.3. The molecule has 266 valence electrons. The lowest BCUT2D eigenvalue weighted by Crippen LogP contribution is -2.44. The average Bonchev–Trinajstić information content (AvgIpc) is 3.76. The molecule has 8 heterocycles. The Labute approximate surface area is 275 Å². The maximum atomic E-state index is 15.7. The quantitative estimate of drug-likeness (QED) is 0.254. The number of anilines is 2. The molecule has 49 heavy (non-hydrogen) atoms. The number of hydrogen-bond donors (Lipinski definition) is 3. The van der Waals surface area contributed by atoms with Gasteiger partial charge in [-0.3, -0.25) is 22.6 Å². The molecule has 2 unspecified atom stereocenters. The van der Waals surface area contributed by atoms with Gasteiger partial charge in [-0.15, -0.1) is 0 Å². The number of nitrogens with zero attached hydrogens (tertiary/aromatic N) is 8. The Morgan fingerprint density at radius 1 is 0.857 bits per heavy atom. The van der Waals surface area contributed by atoms with Crippen molar-refractivity contribution in [2.75, 3.05) is 24.7 Å². The zero-order valence-corrected chi connectivity index (χ0v) is 28.1. The molecule has 20 nitrogen and oxygen atoms in total. The predicted octanol–water partition coefficient (Wildman–Crippen LogP) is 2.21. The summed E-state index contributed by atoms with van der Waals surface area (Å²) >= 11 is 0. The molecule has 24 heteroatoms. The van der Waals surface area contributed by atoms with Crippen molar-refractivity contribution in [1.82, 2.24) is 39.2 Å². The summed E-state index contributed by atoms with van der Waals surface area (Å²) in [7, 11) is -8.15. The number of phosphoric ester groups is 2. The first-order chi connectivity index (χ1) is 23.0. The molecule has 5 N–H and O–H groups in total. The number of alkyl halides is 2. The van der Waals surface area contributed by atoms with Crippen molar-refractivity contribution in [1.29, 1.82) is 0 Å². The van der Waals surface area contributed by atoms with E-state index in [1.165, 1.54) is 47.9 Å². The fourth-order valence-corrected chi connectivity index (χ4v) is 8.81. The topological polar surface area (TPSA) is 257 Å². The Bertz CT molecular complexity index is 2000. The molecule has 0 spiro atoms. The number of hydrogen-bond acceptors (Lipinski definition) is 17. The van der Waals surface area contributed by atoms with Crippen molar-refractivity contribution in [2.24, 2.45) is 0 Å². The molecule has 4 saturated heterocycles. The number of imidazole rings is 2. The van der Waals surface area contributed by atoms with Crippen LogP contribution < -0.4 is 11.5 Å². The standard InChI is InChI=1S/C14H19FN5O5P.C11H13FN5O5P/c1-7(2)24-26(21)22-5-9-11(25-26)14(3,15)10(23-9)8-4-17-13-12(16)18-6-19-20(8)13;1-11(12)7(21-6-3-20-23(18,19)22-8(6)11)5-2-14-10-9(13)15-4-16-17(5)10/h4,6-7,9-11H,5H2,1-3H3,(H2,16,18,19);2,4,6-8H,3H2,1H3,(H,18,19)(H2,13,15,16)/t9-,10+,11-,14+,26?;6-,7+,8-,11+/m11/s1. The Morgan fingerprint density at radius 3 is 1.82 bits per heavy atom. The summed E-state index contributed by atoms with van der Waals surface area (Å²) in [6.07, 6.45) is -1.30. The number of fused-ring (bicyclic) bond motifs is 4. The largest absolute Gasteiger partial charge is 0.475 e. The van der Waals surface area contributed by atoms with Crippen LogP contribution in [0.25, 0.3) is 11.3 Å². The van der Waals surface area contributed by atoms with Crippen molar-refractivity contribution >= 4 is 38.6 Å². The zero-order chi connectivity index (χ0) is 35.1. The normalized spacial score (nSPS) is 38.8.